The van der Waals surface area contributed by atoms with Gasteiger partial charge in [-0.15, -0.1) is 0 Å². The average molecular weight is 266 g/mol. The lowest BCUT2D eigenvalue weighted by molar-refractivity contribution is -0.136. The molecular weight excluding hydrogens is 244 g/mol. The van der Waals surface area contributed by atoms with E-state index in [9.17, 15) is 4.79 Å². The van der Waals surface area contributed by atoms with Crippen molar-refractivity contribution in [2.24, 2.45) is 0 Å². The summed E-state index contributed by atoms with van der Waals surface area (Å²) in [7, 11) is 1.63. The minimum absolute atomic E-state index is 0.133. The van der Waals surface area contributed by atoms with Crippen molar-refractivity contribution in [3.8, 4) is 0 Å². The summed E-state index contributed by atoms with van der Waals surface area (Å²) in [6.07, 6.45) is 0.199. The summed E-state index contributed by atoms with van der Waals surface area (Å²) >= 11 is 1.61. The zero-order valence-electron chi connectivity index (χ0n) is 10.5. The van der Waals surface area contributed by atoms with E-state index in [0.717, 1.165) is 5.75 Å². The molecule has 102 valence electrons. The highest BCUT2D eigenvalue weighted by Crippen LogP contribution is 2.13. The van der Waals surface area contributed by atoms with Gasteiger partial charge < -0.3 is 19.3 Å². The first-order chi connectivity index (χ1) is 8.16. The van der Waals surface area contributed by atoms with Crippen LogP contribution in [-0.4, -0.2) is 62.2 Å². The van der Waals surface area contributed by atoms with Crippen molar-refractivity contribution in [1.29, 1.82) is 0 Å². The molecule has 1 atom stereocenters. The smallest absolute Gasteiger partial charge is 0.304 e. The van der Waals surface area contributed by atoms with Crippen LogP contribution >= 0.6 is 11.8 Å². The van der Waals surface area contributed by atoms with Gasteiger partial charge in [0.15, 0.2) is 0 Å². The molecule has 0 rings (SSSR count). The maximum absolute atomic E-state index is 10.4. The summed E-state index contributed by atoms with van der Waals surface area (Å²) in [5.74, 6) is 0.0597. The highest BCUT2D eigenvalue weighted by Gasteiger charge is 2.07. The Labute approximate surface area is 107 Å². The number of carbonyl (C=O) groups is 1. The van der Waals surface area contributed by atoms with E-state index in [4.69, 9.17) is 19.3 Å². The molecule has 0 heterocycles. The molecule has 0 radical (unpaired) electrons. The molecule has 0 aliphatic carbocycles. The molecule has 0 amide bonds. The van der Waals surface area contributed by atoms with Crippen LogP contribution in [0.4, 0.5) is 0 Å². The molecule has 0 aromatic carbocycles. The number of methoxy groups -OCH3 is 1. The fourth-order valence-electron chi connectivity index (χ4n) is 1.08. The maximum atomic E-state index is 10.4. The van der Waals surface area contributed by atoms with E-state index in [1.54, 1.807) is 18.9 Å². The van der Waals surface area contributed by atoms with Gasteiger partial charge in [0.2, 0.25) is 0 Å². The molecular formula is C11H22O5S. The number of rotatable bonds is 12. The van der Waals surface area contributed by atoms with Gasteiger partial charge in [0.25, 0.3) is 0 Å². The Morgan fingerprint density at radius 1 is 1.18 bits per heavy atom. The molecule has 0 aliphatic rings. The molecule has 6 heteroatoms. The minimum Gasteiger partial charge on any atom is -0.481 e. The molecule has 0 fully saturated rings. The fourth-order valence-corrected chi connectivity index (χ4v) is 1.95. The minimum atomic E-state index is -0.752. The van der Waals surface area contributed by atoms with Gasteiger partial charge in [-0.2, -0.15) is 11.8 Å². The number of thioether (sulfide) groups is 1. The lowest BCUT2D eigenvalue weighted by Crippen LogP contribution is -2.11. The molecule has 0 aliphatic heterocycles. The quantitative estimate of drug-likeness (QED) is 0.537. The van der Waals surface area contributed by atoms with E-state index < -0.39 is 5.97 Å². The number of aliphatic carboxylic acids is 1. The molecule has 1 N–H and O–H groups in total. The number of carboxylic acids is 1. The average Bonchev–Trinajstić information content (AvgIpc) is 2.26. The van der Waals surface area contributed by atoms with E-state index in [0.29, 0.717) is 33.0 Å². The summed E-state index contributed by atoms with van der Waals surface area (Å²) in [6.45, 7) is 4.86. The van der Waals surface area contributed by atoms with E-state index >= 15 is 0 Å². The third-order valence-corrected chi connectivity index (χ3v) is 3.03. The highest BCUT2D eigenvalue weighted by atomic mass is 32.2. The van der Waals surface area contributed by atoms with E-state index in [1.165, 1.54) is 0 Å². The van der Waals surface area contributed by atoms with Crippen molar-refractivity contribution in [2.45, 2.75) is 18.6 Å². The summed E-state index contributed by atoms with van der Waals surface area (Å²) < 4.78 is 15.4. The third-order valence-electron chi connectivity index (χ3n) is 1.90. The van der Waals surface area contributed by atoms with Crippen molar-refractivity contribution in [3.63, 3.8) is 0 Å². The Bertz CT molecular complexity index is 189. The van der Waals surface area contributed by atoms with Crippen LogP contribution < -0.4 is 0 Å². The number of hydrogen-bond acceptors (Lipinski definition) is 5. The van der Waals surface area contributed by atoms with Gasteiger partial charge in [-0.05, 0) is 0 Å². The zero-order chi connectivity index (χ0) is 12.9. The summed E-state index contributed by atoms with van der Waals surface area (Å²) in [6, 6.07) is 0. The van der Waals surface area contributed by atoms with Crippen molar-refractivity contribution in [3.05, 3.63) is 0 Å². The van der Waals surface area contributed by atoms with Gasteiger partial charge in [-0.1, -0.05) is 6.92 Å². The Kier molecular flexibility index (Phi) is 12.0. The second-order valence-electron chi connectivity index (χ2n) is 3.50. The highest BCUT2D eigenvalue weighted by molar-refractivity contribution is 7.99. The summed E-state index contributed by atoms with van der Waals surface area (Å²) in [5, 5.41) is 8.69. The van der Waals surface area contributed by atoms with Crippen LogP contribution in [0.5, 0.6) is 0 Å². The van der Waals surface area contributed by atoms with E-state index in [2.05, 4.69) is 0 Å². The molecule has 0 spiro atoms. The molecule has 0 saturated carbocycles. The SMILES string of the molecule is COCCOCCOCCSC(C)CC(=O)O. The van der Waals surface area contributed by atoms with Gasteiger partial charge in [0.1, 0.15) is 0 Å². The van der Waals surface area contributed by atoms with Crippen molar-refractivity contribution in [1.82, 2.24) is 0 Å². The molecule has 17 heavy (non-hydrogen) atoms. The van der Waals surface area contributed by atoms with Gasteiger partial charge in [-0.25, -0.2) is 0 Å². The lowest BCUT2D eigenvalue weighted by Gasteiger charge is -2.09. The first-order valence-electron chi connectivity index (χ1n) is 5.64. The summed E-state index contributed by atoms with van der Waals surface area (Å²) in [4.78, 5) is 10.4. The largest absolute Gasteiger partial charge is 0.481 e. The fraction of sp³-hybridized carbons (Fsp3) is 0.909. The van der Waals surface area contributed by atoms with Gasteiger partial charge in [-0.3, -0.25) is 4.79 Å². The van der Waals surface area contributed by atoms with Crippen LogP contribution in [0.2, 0.25) is 0 Å². The normalized spacial score (nSPS) is 12.6. The number of ether oxygens (including phenoxy) is 3. The topological polar surface area (TPSA) is 65.0 Å². The van der Waals surface area contributed by atoms with Crippen molar-refractivity contribution < 1.29 is 24.1 Å². The molecule has 0 saturated heterocycles. The zero-order valence-corrected chi connectivity index (χ0v) is 11.3. The molecule has 0 aromatic rings. The van der Waals surface area contributed by atoms with Crippen LogP contribution in [0.3, 0.4) is 0 Å². The number of hydrogen-bond donors (Lipinski definition) is 1. The molecule has 5 nitrogen and oxygen atoms in total. The van der Waals surface area contributed by atoms with Gasteiger partial charge in [0, 0.05) is 18.1 Å². The van der Waals surface area contributed by atoms with Crippen LogP contribution in [0, 0.1) is 0 Å². The van der Waals surface area contributed by atoms with Crippen LogP contribution in [0.1, 0.15) is 13.3 Å². The van der Waals surface area contributed by atoms with Gasteiger partial charge in [0.05, 0.1) is 39.5 Å². The van der Waals surface area contributed by atoms with Crippen LogP contribution in [-0.2, 0) is 19.0 Å². The maximum Gasteiger partial charge on any atom is 0.304 e. The van der Waals surface area contributed by atoms with E-state index in [-0.39, 0.29) is 11.7 Å². The Hall–Kier alpha value is -0.300. The standard InChI is InChI=1S/C11H22O5S/c1-10(9-11(12)13)17-8-7-16-6-5-15-4-3-14-2/h10H,3-9H2,1-2H3,(H,12,13). The predicted molar refractivity (Wildman–Crippen MR) is 67.7 cm³/mol. The molecule has 0 aromatic heterocycles. The first-order valence-corrected chi connectivity index (χ1v) is 6.69. The Morgan fingerprint density at radius 3 is 2.35 bits per heavy atom. The van der Waals surface area contributed by atoms with Crippen LogP contribution in [0.25, 0.3) is 0 Å². The van der Waals surface area contributed by atoms with E-state index in [1.807, 2.05) is 6.92 Å². The Balaban J connectivity index is 3.10. The second-order valence-corrected chi connectivity index (χ2v) is 5.04. The molecule has 0 bridgehead atoms. The lowest BCUT2D eigenvalue weighted by atomic mass is 10.3. The first kappa shape index (κ1) is 16.7. The predicted octanol–water partition coefficient (Wildman–Crippen LogP) is 1.26. The Morgan fingerprint density at radius 2 is 1.76 bits per heavy atom. The molecule has 1 unspecified atom stereocenters. The van der Waals surface area contributed by atoms with Crippen molar-refractivity contribution >= 4 is 17.7 Å². The third kappa shape index (κ3) is 13.6. The second kappa shape index (κ2) is 12.2. The summed E-state index contributed by atoms with van der Waals surface area (Å²) in [5.41, 5.74) is 0. The monoisotopic (exact) mass is 266 g/mol. The number of carboxylic acid groups (broad SMARTS) is 1. The van der Waals surface area contributed by atoms with Crippen molar-refractivity contribution in [2.75, 3.05) is 45.9 Å². The van der Waals surface area contributed by atoms with Gasteiger partial charge >= 0.3 is 5.97 Å². The van der Waals surface area contributed by atoms with Crippen LogP contribution in [0.15, 0.2) is 0 Å².